The molecule has 2 unspecified atom stereocenters. The van der Waals surface area contributed by atoms with E-state index in [1.54, 1.807) is 6.33 Å². The smallest absolute Gasteiger partial charge is 0.136 e. The van der Waals surface area contributed by atoms with Crippen molar-refractivity contribution < 1.29 is 4.79 Å². The topological polar surface area (TPSA) is 46.1 Å². The lowest BCUT2D eigenvalue weighted by Gasteiger charge is -2.40. The Morgan fingerprint density at radius 1 is 1.24 bits per heavy atom. The molecule has 112 valence electrons. The number of carbonyl (C=O) groups excluding carboxylic acids is 1. The average molecular weight is 285 g/mol. The largest absolute Gasteiger partial charge is 0.356 e. The van der Waals surface area contributed by atoms with Crippen LogP contribution in [-0.4, -0.2) is 28.8 Å². The molecule has 1 saturated heterocycles. The summed E-state index contributed by atoms with van der Waals surface area (Å²) in [6, 6.07) is 2.00. The van der Waals surface area contributed by atoms with Crippen molar-refractivity contribution in [3.05, 3.63) is 18.6 Å². The first-order chi connectivity index (χ1) is 10.3. The zero-order valence-corrected chi connectivity index (χ0v) is 12.5. The van der Waals surface area contributed by atoms with Crippen molar-refractivity contribution in [2.24, 2.45) is 17.3 Å². The lowest BCUT2D eigenvalue weighted by molar-refractivity contribution is -0.125. The van der Waals surface area contributed by atoms with Crippen molar-refractivity contribution in [2.45, 2.75) is 44.9 Å². The minimum atomic E-state index is 0.393. The molecule has 0 amide bonds. The zero-order valence-electron chi connectivity index (χ0n) is 12.5. The van der Waals surface area contributed by atoms with Crippen molar-refractivity contribution in [3.8, 4) is 0 Å². The molecule has 4 nitrogen and oxygen atoms in total. The van der Waals surface area contributed by atoms with E-state index in [1.165, 1.54) is 25.7 Å². The molecule has 21 heavy (non-hydrogen) atoms. The van der Waals surface area contributed by atoms with Gasteiger partial charge in [0.15, 0.2) is 0 Å². The molecule has 1 spiro atoms. The predicted octanol–water partition coefficient (Wildman–Crippen LogP) is 2.84. The van der Waals surface area contributed by atoms with E-state index < -0.39 is 0 Å². The Labute approximate surface area is 126 Å². The van der Waals surface area contributed by atoms with Crippen molar-refractivity contribution in [3.63, 3.8) is 0 Å². The molecule has 1 aromatic rings. The fourth-order valence-electron chi connectivity index (χ4n) is 4.91. The molecule has 2 aliphatic carbocycles. The third-order valence-electron chi connectivity index (χ3n) is 6.04. The number of hydrogen-bond donors (Lipinski definition) is 0. The highest BCUT2D eigenvalue weighted by atomic mass is 16.1. The SMILES string of the molecule is O=C1CCCC2CC3(CCN(c4ccncn4)CC3)CC12. The minimum Gasteiger partial charge on any atom is -0.356 e. The lowest BCUT2D eigenvalue weighted by Crippen LogP contribution is -2.39. The van der Waals surface area contributed by atoms with Crippen LogP contribution in [0.4, 0.5) is 5.82 Å². The van der Waals surface area contributed by atoms with Gasteiger partial charge in [-0.15, -0.1) is 0 Å². The fourth-order valence-corrected chi connectivity index (χ4v) is 4.91. The van der Waals surface area contributed by atoms with E-state index in [9.17, 15) is 4.79 Å². The maximum absolute atomic E-state index is 12.2. The molecular weight excluding hydrogens is 262 g/mol. The standard InChI is InChI=1S/C17H23N3O/c21-15-3-1-2-13-10-17(11-14(13)15)5-8-20(9-6-17)16-4-7-18-12-19-16/h4,7,12-14H,1-3,5-6,8-11H2. The van der Waals surface area contributed by atoms with Gasteiger partial charge < -0.3 is 4.90 Å². The summed E-state index contributed by atoms with van der Waals surface area (Å²) in [7, 11) is 0. The van der Waals surface area contributed by atoms with Crippen LogP contribution in [0.1, 0.15) is 44.9 Å². The molecule has 0 bridgehead atoms. The summed E-state index contributed by atoms with van der Waals surface area (Å²) < 4.78 is 0. The van der Waals surface area contributed by atoms with E-state index >= 15 is 0 Å². The molecule has 0 N–H and O–H groups in total. The monoisotopic (exact) mass is 285 g/mol. The van der Waals surface area contributed by atoms with E-state index in [1.807, 2.05) is 12.3 Å². The van der Waals surface area contributed by atoms with Gasteiger partial charge in [0, 0.05) is 31.6 Å². The molecule has 4 rings (SSSR count). The second-order valence-corrected chi connectivity index (χ2v) is 7.19. The first-order valence-corrected chi connectivity index (χ1v) is 8.29. The molecule has 2 atom stereocenters. The maximum atomic E-state index is 12.2. The van der Waals surface area contributed by atoms with E-state index in [0.717, 1.165) is 38.2 Å². The number of aromatic nitrogens is 2. The number of nitrogens with zero attached hydrogens (tertiary/aromatic N) is 3. The van der Waals surface area contributed by atoms with Gasteiger partial charge in [-0.2, -0.15) is 0 Å². The highest BCUT2D eigenvalue weighted by molar-refractivity contribution is 5.82. The number of piperidine rings is 1. The van der Waals surface area contributed by atoms with Crippen molar-refractivity contribution >= 4 is 11.6 Å². The van der Waals surface area contributed by atoms with Gasteiger partial charge in [-0.05, 0) is 55.9 Å². The fraction of sp³-hybridized carbons (Fsp3) is 0.706. The predicted molar refractivity (Wildman–Crippen MR) is 81.0 cm³/mol. The van der Waals surface area contributed by atoms with Crippen molar-refractivity contribution in [1.29, 1.82) is 0 Å². The Bertz CT molecular complexity index is 522. The Morgan fingerprint density at radius 3 is 2.81 bits per heavy atom. The van der Waals surface area contributed by atoms with Crippen LogP contribution in [0.25, 0.3) is 0 Å². The Balaban J connectivity index is 1.44. The molecule has 1 aromatic heterocycles. The third-order valence-corrected chi connectivity index (χ3v) is 6.04. The Kier molecular flexibility index (Phi) is 3.20. The van der Waals surface area contributed by atoms with Gasteiger partial charge in [0.25, 0.3) is 0 Å². The number of anilines is 1. The molecule has 1 aliphatic heterocycles. The molecule has 0 radical (unpaired) electrons. The van der Waals surface area contributed by atoms with Crippen LogP contribution in [0.3, 0.4) is 0 Å². The van der Waals surface area contributed by atoms with Gasteiger partial charge in [-0.3, -0.25) is 4.79 Å². The number of Topliss-reactive ketones (excluding diaryl/α,β-unsaturated/α-hetero) is 1. The van der Waals surface area contributed by atoms with Gasteiger partial charge in [0.05, 0.1) is 0 Å². The molecule has 4 heteroatoms. The van der Waals surface area contributed by atoms with Crippen LogP contribution in [0.2, 0.25) is 0 Å². The van der Waals surface area contributed by atoms with Crippen LogP contribution in [-0.2, 0) is 4.79 Å². The average Bonchev–Trinajstić information content (AvgIpc) is 2.88. The molecular formula is C17H23N3O. The molecule has 3 aliphatic rings. The number of fused-ring (bicyclic) bond motifs is 1. The highest BCUT2D eigenvalue weighted by Crippen LogP contribution is 2.55. The summed E-state index contributed by atoms with van der Waals surface area (Å²) in [5, 5.41) is 0. The summed E-state index contributed by atoms with van der Waals surface area (Å²) >= 11 is 0. The maximum Gasteiger partial charge on any atom is 0.136 e. The normalized spacial score (nSPS) is 31.4. The second-order valence-electron chi connectivity index (χ2n) is 7.19. The Hall–Kier alpha value is -1.45. The molecule has 0 aromatic carbocycles. The van der Waals surface area contributed by atoms with Gasteiger partial charge in [-0.25, -0.2) is 9.97 Å². The molecule has 2 heterocycles. The first-order valence-electron chi connectivity index (χ1n) is 8.29. The minimum absolute atomic E-state index is 0.393. The number of hydrogen-bond acceptors (Lipinski definition) is 4. The van der Waals surface area contributed by atoms with Crippen LogP contribution in [0.5, 0.6) is 0 Å². The van der Waals surface area contributed by atoms with Crippen molar-refractivity contribution in [1.82, 2.24) is 9.97 Å². The van der Waals surface area contributed by atoms with E-state index in [2.05, 4.69) is 14.9 Å². The number of carbonyl (C=O) groups is 1. The first kappa shape index (κ1) is 13.2. The van der Waals surface area contributed by atoms with Gasteiger partial charge in [0.1, 0.15) is 17.9 Å². The van der Waals surface area contributed by atoms with E-state index in [4.69, 9.17) is 0 Å². The number of rotatable bonds is 1. The van der Waals surface area contributed by atoms with E-state index in [-0.39, 0.29) is 0 Å². The van der Waals surface area contributed by atoms with Crippen LogP contribution < -0.4 is 4.90 Å². The second kappa shape index (κ2) is 5.08. The van der Waals surface area contributed by atoms with Gasteiger partial charge in [-0.1, -0.05) is 0 Å². The van der Waals surface area contributed by atoms with E-state index in [0.29, 0.717) is 23.0 Å². The zero-order chi connectivity index (χ0) is 14.3. The van der Waals surface area contributed by atoms with Crippen molar-refractivity contribution in [2.75, 3.05) is 18.0 Å². The van der Waals surface area contributed by atoms with Gasteiger partial charge >= 0.3 is 0 Å². The molecule has 2 saturated carbocycles. The third kappa shape index (κ3) is 2.34. The van der Waals surface area contributed by atoms with Gasteiger partial charge in [0.2, 0.25) is 0 Å². The van der Waals surface area contributed by atoms with Crippen LogP contribution in [0, 0.1) is 17.3 Å². The quantitative estimate of drug-likeness (QED) is 0.796. The summed E-state index contributed by atoms with van der Waals surface area (Å²) in [6.07, 6.45) is 11.6. The summed E-state index contributed by atoms with van der Waals surface area (Å²) in [5.41, 5.74) is 0.443. The summed E-state index contributed by atoms with van der Waals surface area (Å²) in [6.45, 7) is 2.15. The summed E-state index contributed by atoms with van der Waals surface area (Å²) in [5.74, 6) is 2.69. The highest BCUT2D eigenvalue weighted by Gasteiger charge is 2.49. The number of ketones is 1. The molecule has 3 fully saturated rings. The Morgan fingerprint density at radius 2 is 2.10 bits per heavy atom. The lowest BCUT2D eigenvalue weighted by atomic mass is 9.76. The van der Waals surface area contributed by atoms with Crippen LogP contribution >= 0.6 is 0 Å². The van der Waals surface area contributed by atoms with Crippen LogP contribution in [0.15, 0.2) is 18.6 Å². The summed E-state index contributed by atoms with van der Waals surface area (Å²) in [4.78, 5) is 22.9.